The van der Waals surface area contributed by atoms with E-state index >= 15 is 0 Å². The number of aryl methyl sites for hydroxylation is 2. The van der Waals surface area contributed by atoms with Crippen molar-refractivity contribution in [1.82, 2.24) is 25.1 Å². The number of carbonyl (C=O) groups is 1. The minimum absolute atomic E-state index is 0.264. The number of amides is 1. The van der Waals surface area contributed by atoms with Gasteiger partial charge in [-0.25, -0.2) is 4.98 Å². The van der Waals surface area contributed by atoms with Crippen molar-refractivity contribution in [2.24, 2.45) is 7.05 Å². The van der Waals surface area contributed by atoms with Crippen LogP contribution in [0.5, 0.6) is 11.6 Å². The van der Waals surface area contributed by atoms with Crippen molar-refractivity contribution in [2.45, 2.75) is 13.5 Å². The highest BCUT2D eigenvalue weighted by atomic mass is 16.5. The Morgan fingerprint density at radius 2 is 2.17 bits per heavy atom. The van der Waals surface area contributed by atoms with E-state index in [-0.39, 0.29) is 5.91 Å². The number of aromatic nitrogens is 4. The van der Waals surface area contributed by atoms with Gasteiger partial charge in [-0.1, -0.05) is 6.07 Å². The van der Waals surface area contributed by atoms with Crippen molar-refractivity contribution < 1.29 is 9.53 Å². The number of hydrogen-bond acceptors (Lipinski definition) is 5. The lowest BCUT2D eigenvalue weighted by molar-refractivity contribution is 0.0942. The van der Waals surface area contributed by atoms with Gasteiger partial charge in [0, 0.05) is 48.2 Å². The average Bonchev–Trinajstić information content (AvgIpc) is 3.32. The molecule has 0 saturated carbocycles. The van der Waals surface area contributed by atoms with Crippen LogP contribution in [0.3, 0.4) is 0 Å². The summed E-state index contributed by atoms with van der Waals surface area (Å²) in [6.45, 7) is 2.23. The third-order valence-corrected chi connectivity index (χ3v) is 4.65. The first kappa shape index (κ1) is 18.4. The number of fused-ring (bicyclic) bond motifs is 1. The average molecular weight is 388 g/mol. The molecule has 1 aromatic carbocycles. The predicted molar refractivity (Wildman–Crippen MR) is 110 cm³/mol. The largest absolute Gasteiger partial charge is 0.439 e. The van der Waals surface area contributed by atoms with Gasteiger partial charge in [0.25, 0.3) is 5.91 Å². The molecule has 0 spiro atoms. The molecule has 4 aromatic rings. The van der Waals surface area contributed by atoms with Gasteiger partial charge in [0.1, 0.15) is 11.4 Å². The summed E-state index contributed by atoms with van der Waals surface area (Å²) in [7, 11) is 1.80. The monoisotopic (exact) mass is 388 g/mol. The summed E-state index contributed by atoms with van der Waals surface area (Å²) in [5.74, 6) is 0.847. The third-order valence-electron chi connectivity index (χ3n) is 4.65. The molecule has 29 heavy (non-hydrogen) atoms. The number of hydrogen-bond donors (Lipinski definition) is 3. The van der Waals surface area contributed by atoms with Crippen molar-refractivity contribution in [3.8, 4) is 11.6 Å². The standard InChI is InChI=1S/C21H20N6O2/c1-13-4-3-5-19(25-13)29-15-6-7-16-17(11-22)20(27(2)18(16)10-15)21(28)23-12-14-8-9-24-26-14/h3-11,22H,12H2,1-2H3,(H,23,28)(H,24,26). The van der Waals surface area contributed by atoms with Crippen LogP contribution < -0.4 is 10.1 Å². The van der Waals surface area contributed by atoms with Crippen LogP contribution in [-0.2, 0) is 13.6 Å². The smallest absolute Gasteiger partial charge is 0.268 e. The molecular weight excluding hydrogens is 368 g/mol. The maximum atomic E-state index is 12.8. The van der Waals surface area contributed by atoms with Crippen LogP contribution in [0, 0.1) is 12.3 Å². The van der Waals surface area contributed by atoms with E-state index in [9.17, 15) is 4.79 Å². The van der Waals surface area contributed by atoms with Gasteiger partial charge >= 0.3 is 0 Å². The molecule has 8 heteroatoms. The molecule has 8 nitrogen and oxygen atoms in total. The van der Waals surface area contributed by atoms with Crippen LogP contribution in [-0.4, -0.2) is 31.9 Å². The molecule has 0 aliphatic rings. The highest BCUT2D eigenvalue weighted by Gasteiger charge is 2.20. The zero-order chi connectivity index (χ0) is 20.4. The first-order valence-corrected chi connectivity index (χ1v) is 9.07. The van der Waals surface area contributed by atoms with Crippen molar-refractivity contribution >= 4 is 23.0 Å². The number of ether oxygens (including phenoxy) is 1. The van der Waals surface area contributed by atoms with E-state index in [0.29, 0.717) is 29.4 Å². The molecule has 0 atom stereocenters. The summed E-state index contributed by atoms with van der Waals surface area (Å²) < 4.78 is 7.64. The Labute approximate surface area is 167 Å². The van der Waals surface area contributed by atoms with Crippen molar-refractivity contribution in [3.05, 3.63) is 71.3 Å². The van der Waals surface area contributed by atoms with Crippen molar-refractivity contribution in [2.75, 3.05) is 0 Å². The van der Waals surface area contributed by atoms with Crippen LogP contribution >= 0.6 is 0 Å². The summed E-state index contributed by atoms with van der Waals surface area (Å²) in [4.78, 5) is 17.2. The second-order valence-corrected chi connectivity index (χ2v) is 6.63. The maximum Gasteiger partial charge on any atom is 0.268 e. The van der Waals surface area contributed by atoms with Crippen LogP contribution in [0.2, 0.25) is 0 Å². The first-order valence-electron chi connectivity index (χ1n) is 9.07. The topological polar surface area (TPSA) is 109 Å². The molecule has 0 aliphatic heterocycles. The molecule has 3 aromatic heterocycles. The van der Waals surface area contributed by atoms with E-state index in [0.717, 1.165) is 22.3 Å². The first-order chi connectivity index (χ1) is 14.1. The molecule has 3 N–H and O–H groups in total. The quantitative estimate of drug-likeness (QED) is 0.440. The molecule has 0 saturated heterocycles. The van der Waals surface area contributed by atoms with Crippen molar-refractivity contribution in [1.29, 1.82) is 5.41 Å². The lowest BCUT2D eigenvalue weighted by Crippen LogP contribution is -2.26. The number of nitrogens with one attached hydrogen (secondary N) is 3. The Bertz CT molecular complexity index is 1190. The van der Waals surface area contributed by atoms with Gasteiger partial charge in [-0.3, -0.25) is 9.89 Å². The zero-order valence-electron chi connectivity index (χ0n) is 16.1. The van der Waals surface area contributed by atoms with E-state index in [1.54, 1.807) is 29.9 Å². The van der Waals surface area contributed by atoms with Gasteiger partial charge < -0.3 is 20.0 Å². The normalized spacial score (nSPS) is 10.8. The predicted octanol–water partition coefficient (Wildman–Crippen LogP) is 3.32. The summed E-state index contributed by atoms with van der Waals surface area (Å²) in [5.41, 5.74) is 3.44. The Balaban J connectivity index is 1.67. The Morgan fingerprint density at radius 3 is 2.90 bits per heavy atom. The minimum atomic E-state index is -0.264. The Morgan fingerprint density at radius 1 is 1.31 bits per heavy atom. The van der Waals surface area contributed by atoms with Gasteiger partial charge in [0.2, 0.25) is 5.88 Å². The highest BCUT2D eigenvalue weighted by Crippen LogP contribution is 2.29. The second-order valence-electron chi connectivity index (χ2n) is 6.63. The molecule has 0 radical (unpaired) electrons. The number of pyridine rings is 1. The van der Waals surface area contributed by atoms with E-state index in [1.807, 2.05) is 37.3 Å². The number of carbonyl (C=O) groups excluding carboxylic acids is 1. The summed E-state index contributed by atoms with van der Waals surface area (Å²) >= 11 is 0. The third kappa shape index (κ3) is 3.60. The fraction of sp³-hybridized carbons (Fsp3) is 0.143. The van der Waals surface area contributed by atoms with Gasteiger partial charge in [0.15, 0.2) is 0 Å². The fourth-order valence-corrected chi connectivity index (χ4v) is 3.27. The highest BCUT2D eigenvalue weighted by molar-refractivity contribution is 6.10. The van der Waals surface area contributed by atoms with Gasteiger partial charge in [-0.05, 0) is 31.2 Å². The molecule has 1 amide bonds. The summed E-state index contributed by atoms with van der Waals surface area (Å²) in [6.07, 6.45) is 2.84. The molecule has 0 aliphatic carbocycles. The van der Waals surface area contributed by atoms with Gasteiger partial charge in [-0.15, -0.1) is 0 Å². The minimum Gasteiger partial charge on any atom is -0.439 e. The van der Waals surface area contributed by atoms with Gasteiger partial charge in [0.05, 0.1) is 17.8 Å². The molecular formula is C21H20N6O2. The Kier molecular flexibility index (Phi) is 4.82. The molecule has 4 rings (SSSR count). The van der Waals surface area contributed by atoms with E-state index in [2.05, 4.69) is 20.5 Å². The summed E-state index contributed by atoms with van der Waals surface area (Å²) in [5, 5.41) is 18.2. The number of rotatable bonds is 6. The maximum absolute atomic E-state index is 12.8. The zero-order valence-corrected chi connectivity index (χ0v) is 16.1. The molecule has 0 unspecified atom stereocenters. The van der Waals surface area contributed by atoms with Crippen LogP contribution in [0.25, 0.3) is 10.9 Å². The number of aromatic amines is 1. The SMILES string of the molecule is Cc1cccc(Oc2ccc3c(C=N)c(C(=O)NCc4ccn[nH]4)n(C)c3c2)n1. The lowest BCUT2D eigenvalue weighted by Gasteiger charge is -2.07. The van der Waals surface area contributed by atoms with E-state index < -0.39 is 0 Å². The molecule has 0 bridgehead atoms. The van der Waals surface area contributed by atoms with Crippen molar-refractivity contribution in [3.63, 3.8) is 0 Å². The van der Waals surface area contributed by atoms with E-state index in [1.165, 1.54) is 6.21 Å². The lowest BCUT2D eigenvalue weighted by atomic mass is 10.1. The van der Waals surface area contributed by atoms with Crippen LogP contribution in [0.4, 0.5) is 0 Å². The number of H-pyrrole nitrogens is 1. The van der Waals surface area contributed by atoms with Crippen LogP contribution in [0.15, 0.2) is 48.7 Å². The van der Waals surface area contributed by atoms with Gasteiger partial charge in [-0.2, -0.15) is 5.10 Å². The van der Waals surface area contributed by atoms with Crippen LogP contribution in [0.1, 0.15) is 27.4 Å². The van der Waals surface area contributed by atoms with E-state index in [4.69, 9.17) is 10.1 Å². The Hall–Kier alpha value is -3.94. The molecule has 3 heterocycles. The second kappa shape index (κ2) is 7.59. The molecule has 0 fully saturated rings. The fourth-order valence-electron chi connectivity index (χ4n) is 3.27. The number of benzene rings is 1. The number of nitrogens with zero attached hydrogens (tertiary/aromatic N) is 3. The summed E-state index contributed by atoms with van der Waals surface area (Å²) in [6, 6.07) is 12.9. The molecule has 146 valence electrons.